The number of nitrogens with one attached hydrogen (secondary N) is 1. The maximum absolute atomic E-state index is 13.5. The highest BCUT2D eigenvalue weighted by Gasteiger charge is 2.08. The van der Waals surface area contributed by atoms with Crippen molar-refractivity contribution in [3.05, 3.63) is 62.0 Å². The molecule has 1 nitrogen and oxygen atoms in total. The summed E-state index contributed by atoms with van der Waals surface area (Å²) in [6.07, 6.45) is 0. The molecule has 0 heterocycles. The van der Waals surface area contributed by atoms with E-state index in [4.69, 9.17) is 0 Å². The zero-order valence-corrected chi connectivity index (χ0v) is 13.3. The summed E-state index contributed by atoms with van der Waals surface area (Å²) in [5.41, 5.74) is 2.42. The number of hydrogen-bond donors (Lipinski definition) is 1. The first-order valence-corrected chi connectivity index (χ1v) is 7.19. The molecule has 0 radical (unpaired) electrons. The van der Waals surface area contributed by atoms with Gasteiger partial charge in [-0.05, 0) is 46.1 Å². The minimum absolute atomic E-state index is 0.237. The van der Waals surface area contributed by atoms with Gasteiger partial charge in [-0.2, -0.15) is 0 Å². The molecule has 0 aliphatic heterocycles. The van der Waals surface area contributed by atoms with Gasteiger partial charge >= 0.3 is 0 Å². The van der Waals surface area contributed by atoms with E-state index in [0.717, 1.165) is 21.7 Å². The molecule has 0 saturated heterocycles. The van der Waals surface area contributed by atoms with Crippen LogP contribution in [0.2, 0.25) is 0 Å². The monoisotopic (exact) mass is 389 g/mol. The summed E-state index contributed by atoms with van der Waals surface area (Å²) in [5.74, 6) is -1.21. The van der Waals surface area contributed by atoms with Gasteiger partial charge in [0, 0.05) is 17.1 Å². The molecule has 0 atom stereocenters. The number of rotatable bonds is 3. The molecule has 2 aromatic rings. The Hall–Kier alpha value is -0.940. The average Bonchev–Trinajstić information content (AvgIpc) is 2.36. The van der Waals surface area contributed by atoms with Gasteiger partial charge in [-0.1, -0.05) is 28.1 Å². The quantitative estimate of drug-likeness (QED) is 0.691. The van der Waals surface area contributed by atoms with E-state index in [2.05, 4.69) is 37.2 Å². The zero-order valence-electron chi connectivity index (χ0n) is 10.1. The lowest BCUT2D eigenvalue weighted by atomic mass is 10.1. The van der Waals surface area contributed by atoms with Crippen molar-refractivity contribution >= 4 is 37.5 Å². The summed E-state index contributed by atoms with van der Waals surface area (Å²) >= 11 is 6.49. The minimum Gasteiger partial charge on any atom is -0.379 e. The molecule has 0 unspecified atom stereocenters. The van der Waals surface area contributed by atoms with E-state index in [9.17, 15) is 8.78 Å². The summed E-state index contributed by atoms with van der Waals surface area (Å²) in [5, 5.41) is 2.95. The molecule has 1 N–H and O–H groups in total. The zero-order chi connectivity index (χ0) is 14.0. The van der Waals surface area contributed by atoms with E-state index in [1.54, 1.807) is 0 Å². The van der Waals surface area contributed by atoms with E-state index in [1.807, 2.05) is 25.1 Å². The Morgan fingerprint density at radius 2 is 1.74 bits per heavy atom. The Balaban J connectivity index is 2.14. The maximum Gasteiger partial charge on any atom is 0.149 e. The molecule has 2 aromatic carbocycles. The molecule has 100 valence electrons. The van der Waals surface area contributed by atoms with E-state index in [-0.39, 0.29) is 10.2 Å². The molecule has 19 heavy (non-hydrogen) atoms. The standard InChI is InChI=1S/C14H11Br2F2N/c1-8-2-3-9(4-10(8)15)7-19-14-5-11(16)12(17)6-13(14)18/h2-6,19H,7H2,1H3. The van der Waals surface area contributed by atoms with Gasteiger partial charge in [0.2, 0.25) is 0 Å². The lowest BCUT2D eigenvalue weighted by Crippen LogP contribution is -2.02. The summed E-state index contributed by atoms with van der Waals surface area (Å²) in [7, 11) is 0. The highest BCUT2D eigenvalue weighted by Crippen LogP contribution is 2.24. The van der Waals surface area contributed by atoms with Crippen LogP contribution in [-0.2, 0) is 6.54 Å². The van der Waals surface area contributed by atoms with Crippen molar-refractivity contribution in [3.63, 3.8) is 0 Å². The predicted octanol–water partition coefficient (Wildman–Crippen LogP) is 5.41. The van der Waals surface area contributed by atoms with E-state index >= 15 is 0 Å². The largest absolute Gasteiger partial charge is 0.379 e. The first-order chi connectivity index (χ1) is 8.97. The van der Waals surface area contributed by atoms with Gasteiger partial charge in [0.05, 0.1) is 10.2 Å². The van der Waals surface area contributed by atoms with Crippen LogP contribution in [0.5, 0.6) is 0 Å². The Labute approximate surface area is 127 Å². The van der Waals surface area contributed by atoms with Crippen molar-refractivity contribution < 1.29 is 8.78 Å². The Bertz CT molecular complexity index is 615. The third-order valence-electron chi connectivity index (χ3n) is 2.73. The van der Waals surface area contributed by atoms with Crippen LogP contribution in [0.3, 0.4) is 0 Å². The minimum atomic E-state index is -0.610. The van der Waals surface area contributed by atoms with Gasteiger partial charge in [0.15, 0.2) is 0 Å². The third kappa shape index (κ3) is 3.54. The van der Waals surface area contributed by atoms with Crippen LogP contribution in [0.4, 0.5) is 14.5 Å². The molecular formula is C14H11Br2F2N. The molecular weight excluding hydrogens is 380 g/mol. The molecule has 2 rings (SSSR count). The lowest BCUT2D eigenvalue weighted by molar-refractivity contribution is 0.580. The van der Waals surface area contributed by atoms with Crippen LogP contribution in [0.25, 0.3) is 0 Å². The molecule has 0 saturated carbocycles. The maximum atomic E-state index is 13.5. The Morgan fingerprint density at radius 3 is 2.42 bits per heavy atom. The molecule has 0 amide bonds. The fourth-order valence-corrected chi connectivity index (χ4v) is 2.37. The molecule has 0 bridgehead atoms. The summed E-state index contributed by atoms with van der Waals surface area (Å²) < 4.78 is 27.9. The third-order valence-corrected chi connectivity index (χ3v) is 4.19. The van der Waals surface area contributed by atoms with Crippen LogP contribution in [0, 0.1) is 18.6 Å². The summed E-state index contributed by atoms with van der Waals surface area (Å²) in [4.78, 5) is 0. The first kappa shape index (κ1) is 14.5. The van der Waals surface area contributed by atoms with Crippen molar-refractivity contribution in [1.29, 1.82) is 0 Å². The summed E-state index contributed by atoms with van der Waals surface area (Å²) in [6, 6.07) is 8.17. The van der Waals surface area contributed by atoms with Gasteiger partial charge in [-0.3, -0.25) is 0 Å². The highest BCUT2D eigenvalue weighted by molar-refractivity contribution is 9.10. The summed E-state index contributed by atoms with van der Waals surface area (Å²) in [6.45, 7) is 2.46. The smallest absolute Gasteiger partial charge is 0.149 e. The van der Waals surface area contributed by atoms with Crippen molar-refractivity contribution in [2.24, 2.45) is 0 Å². The Morgan fingerprint density at radius 1 is 1.00 bits per heavy atom. The van der Waals surface area contributed by atoms with Crippen LogP contribution >= 0.6 is 31.9 Å². The number of aryl methyl sites for hydroxylation is 1. The van der Waals surface area contributed by atoms with Gasteiger partial charge in [0.25, 0.3) is 0 Å². The SMILES string of the molecule is Cc1ccc(CNc2cc(Br)c(F)cc2F)cc1Br. The Kier molecular flexibility index (Phi) is 4.58. The fourth-order valence-electron chi connectivity index (χ4n) is 1.60. The van der Waals surface area contributed by atoms with Crippen LogP contribution < -0.4 is 5.32 Å². The average molecular weight is 391 g/mol. The van der Waals surface area contributed by atoms with Crippen LogP contribution in [0.1, 0.15) is 11.1 Å². The van der Waals surface area contributed by atoms with E-state index in [1.165, 1.54) is 6.07 Å². The first-order valence-electron chi connectivity index (χ1n) is 5.61. The van der Waals surface area contributed by atoms with Gasteiger partial charge in [-0.15, -0.1) is 0 Å². The van der Waals surface area contributed by atoms with E-state index < -0.39 is 11.6 Å². The van der Waals surface area contributed by atoms with E-state index in [0.29, 0.717) is 6.54 Å². The number of halogens is 4. The topological polar surface area (TPSA) is 12.0 Å². The normalized spacial score (nSPS) is 10.6. The molecule has 0 aromatic heterocycles. The second kappa shape index (κ2) is 6.01. The van der Waals surface area contributed by atoms with Crippen molar-refractivity contribution in [2.45, 2.75) is 13.5 Å². The van der Waals surface area contributed by atoms with Gasteiger partial charge in [-0.25, -0.2) is 8.78 Å². The predicted molar refractivity (Wildman–Crippen MR) is 80.3 cm³/mol. The van der Waals surface area contributed by atoms with Crippen molar-refractivity contribution in [3.8, 4) is 0 Å². The van der Waals surface area contributed by atoms with Crippen molar-refractivity contribution in [2.75, 3.05) is 5.32 Å². The van der Waals surface area contributed by atoms with Crippen LogP contribution in [0.15, 0.2) is 39.3 Å². The molecule has 0 aliphatic rings. The lowest BCUT2D eigenvalue weighted by Gasteiger charge is -2.10. The fraction of sp³-hybridized carbons (Fsp3) is 0.143. The van der Waals surface area contributed by atoms with Gasteiger partial charge in [0.1, 0.15) is 11.6 Å². The number of benzene rings is 2. The van der Waals surface area contributed by atoms with Crippen LogP contribution in [-0.4, -0.2) is 0 Å². The van der Waals surface area contributed by atoms with Crippen molar-refractivity contribution in [1.82, 2.24) is 0 Å². The molecule has 0 fully saturated rings. The number of anilines is 1. The second-order valence-corrected chi connectivity index (χ2v) is 5.89. The van der Waals surface area contributed by atoms with Gasteiger partial charge < -0.3 is 5.32 Å². The molecule has 0 aliphatic carbocycles. The molecule has 5 heteroatoms. The molecule has 0 spiro atoms. The number of hydrogen-bond acceptors (Lipinski definition) is 1. The highest BCUT2D eigenvalue weighted by atomic mass is 79.9. The second-order valence-electron chi connectivity index (χ2n) is 4.18.